The monoisotopic (exact) mass is 364 g/mol. The average Bonchev–Trinajstić information content (AvgIpc) is 3.03. The third kappa shape index (κ3) is 3.28. The highest BCUT2D eigenvalue weighted by atomic mass is 16.3. The lowest BCUT2D eigenvalue weighted by molar-refractivity contribution is -0.119. The number of imidazole rings is 1. The van der Waals surface area contributed by atoms with Gasteiger partial charge in [0.1, 0.15) is 6.54 Å². The molecule has 27 heavy (non-hydrogen) atoms. The Kier molecular flexibility index (Phi) is 4.81. The first-order valence-electron chi connectivity index (χ1n) is 9.39. The minimum atomic E-state index is 0.00763. The van der Waals surface area contributed by atoms with Gasteiger partial charge in [-0.3, -0.25) is 4.79 Å². The number of aliphatic hydroxyl groups excluding tert-OH is 1. The zero-order chi connectivity index (χ0) is 18.8. The number of aliphatic hydroxyl groups is 1. The highest BCUT2D eigenvalue weighted by molar-refractivity contribution is 5.96. The smallest absolute Gasteiger partial charge is 0.247 e. The minimum Gasteiger partial charge on any atom is -0.395 e. The van der Waals surface area contributed by atoms with E-state index in [-0.39, 0.29) is 25.1 Å². The van der Waals surface area contributed by atoms with Gasteiger partial charge in [-0.05, 0) is 43.5 Å². The number of carbonyl (C=O) groups is 1. The second kappa shape index (κ2) is 7.40. The normalized spacial score (nSPS) is 16.4. The van der Waals surface area contributed by atoms with Gasteiger partial charge in [0.05, 0.1) is 17.6 Å². The number of carbonyl (C=O) groups excluding carboxylic acids is 1. The van der Waals surface area contributed by atoms with Crippen LogP contribution in [0.4, 0.5) is 11.6 Å². The molecule has 2 heterocycles. The quantitative estimate of drug-likeness (QED) is 0.730. The van der Waals surface area contributed by atoms with E-state index in [9.17, 15) is 4.79 Å². The molecule has 2 aromatic carbocycles. The van der Waals surface area contributed by atoms with Gasteiger partial charge in [0.2, 0.25) is 11.9 Å². The van der Waals surface area contributed by atoms with Crippen LogP contribution in [0.1, 0.15) is 18.9 Å². The zero-order valence-electron chi connectivity index (χ0n) is 15.4. The summed E-state index contributed by atoms with van der Waals surface area (Å²) in [5, 5.41) is 12.3. The minimum absolute atomic E-state index is 0.00763. The summed E-state index contributed by atoms with van der Waals surface area (Å²) in [6, 6.07) is 16.1. The van der Waals surface area contributed by atoms with Gasteiger partial charge >= 0.3 is 0 Å². The second-order valence-electron chi connectivity index (χ2n) is 6.94. The molecule has 0 fully saturated rings. The Morgan fingerprint density at radius 1 is 1.22 bits per heavy atom. The molecular formula is C21H24N4O2. The van der Waals surface area contributed by atoms with E-state index in [0.29, 0.717) is 12.5 Å². The first kappa shape index (κ1) is 17.5. The van der Waals surface area contributed by atoms with Crippen LogP contribution in [0.5, 0.6) is 0 Å². The Bertz CT molecular complexity index is 966. The van der Waals surface area contributed by atoms with E-state index in [0.717, 1.165) is 29.6 Å². The van der Waals surface area contributed by atoms with Gasteiger partial charge in [-0.25, -0.2) is 4.98 Å². The zero-order valence-corrected chi connectivity index (χ0v) is 15.4. The van der Waals surface area contributed by atoms with Crippen molar-refractivity contribution in [3.63, 3.8) is 0 Å². The lowest BCUT2D eigenvalue weighted by atomic mass is 9.96. The first-order valence-corrected chi connectivity index (χ1v) is 9.39. The molecule has 0 saturated carbocycles. The highest BCUT2D eigenvalue weighted by Crippen LogP contribution is 2.31. The van der Waals surface area contributed by atoms with Gasteiger partial charge in [-0.1, -0.05) is 30.3 Å². The topological polar surface area (TPSA) is 70.4 Å². The molecule has 1 atom stereocenters. The number of hydrogen-bond donors (Lipinski definition) is 2. The number of anilines is 2. The summed E-state index contributed by atoms with van der Waals surface area (Å²) < 4.78 is 1.90. The van der Waals surface area contributed by atoms with Crippen LogP contribution < -0.4 is 10.2 Å². The average molecular weight is 364 g/mol. The van der Waals surface area contributed by atoms with Crippen LogP contribution in [0.3, 0.4) is 0 Å². The number of aryl methyl sites for hydroxylation is 1. The highest BCUT2D eigenvalue weighted by Gasteiger charge is 2.28. The molecule has 6 heteroatoms. The molecule has 0 radical (unpaired) electrons. The molecule has 1 aliphatic rings. The largest absolute Gasteiger partial charge is 0.395 e. The number of amides is 1. The molecule has 1 aromatic heterocycles. The lowest BCUT2D eigenvalue weighted by Gasteiger charge is -2.35. The molecule has 1 aliphatic heterocycles. The predicted octanol–water partition coefficient (Wildman–Crippen LogP) is 2.81. The summed E-state index contributed by atoms with van der Waals surface area (Å²) in [5.74, 6) is 0.654. The maximum Gasteiger partial charge on any atom is 0.247 e. The first-order chi connectivity index (χ1) is 13.2. The van der Waals surface area contributed by atoms with Crippen molar-refractivity contribution in [2.45, 2.75) is 32.4 Å². The third-order valence-electron chi connectivity index (χ3n) is 5.13. The summed E-state index contributed by atoms with van der Waals surface area (Å²) in [7, 11) is 0. The number of benzene rings is 2. The Morgan fingerprint density at radius 3 is 2.85 bits per heavy atom. The van der Waals surface area contributed by atoms with Crippen molar-refractivity contribution in [3.8, 4) is 0 Å². The van der Waals surface area contributed by atoms with Crippen LogP contribution in [0, 0.1) is 0 Å². The number of para-hydroxylation sites is 3. The fourth-order valence-electron chi connectivity index (χ4n) is 3.82. The fraction of sp³-hybridized carbons (Fsp3) is 0.333. The van der Waals surface area contributed by atoms with Crippen LogP contribution in [-0.4, -0.2) is 39.8 Å². The maximum absolute atomic E-state index is 13.3. The van der Waals surface area contributed by atoms with E-state index < -0.39 is 0 Å². The van der Waals surface area contributed by atoms with Gasteiger partial charge in [0, 0.05) is 18.3 Å². The maximum atomic E-state index is 13.3. The molecule has 0 unspecified atom stereocenters. The molecule has 4 rings (SSSR count). The van der Waals surface area contributed by atoms with Gasteiger partial charge in [-0.15, -0.1) is 0 Å². The third-order valence-corrected chi connectivity index (χ3v) is 5.13. The van der Waals surface area contributed by atoms with E-state index in [1.165, 1.54) is 5.56 Å². The van der Waals surface area contributed by atoms with Gasteiger partial charge < -0.3 is 19.9 Å². The summed E-state index contributed by atoms with van der Waals surface area (Å²) >= 11 is 0. The number of nitrogens with zero attached hydrogens (tertiary/aromatic N) is 3. The van der Waals surface area contributed by atoms with E-state index >= 15 is 0 Å². The molecule has 140 valence electrons. The Labute approximate surface area is 158 Å². The van der Waals surface area contributed by atoms with E-state index in [2.05, 4.69) is 23.3 Å². The molecule has 0 bridgehead atoms. The van der Waals surface area contributed by atoms with Gasteiger partial charge in [0.25, 0.3) is 0 Å². The summed E-state index contributed by atoms with van der Waals surface area (Å²) in [5.41, 5.74) is 3.97. The number of aromatic nitrogens is 2. The fourth-order valence-corrected chi connectivity index (χ4v) is 3.82. The number of rotatable bonds is 5. The van der Waals surface area contributed by atoms with Crippen molar-refractivity contribution in [1.82, 2.24) is 9.55 Å². The number of nitrogens with one attached hydrogen (secondary N) is 1. The molecular weight excluding hydrogens is 340 g/mol. The van der Waals surface area contributed by atoms with Crippen molar-refractivity contribution in [3.05, 3.63) is 54.1 Å². The second-order valence-corrected chi connectivity index (χ2v) is 6.94. The summed E-state index contributed by atoms with van der Waals surface area (Å²) in [4.78, 5) is 19.8. The molecule has 0 aliphatic carbocycles. The lowest BCUT2D eigenvalue weighted by Crippen LogP contribution is -2.43. The molecule has 1 amide bonds. The van der Waals surface area contributed by atoms with Crippen molar-refractivity contribution in [2.24, 2.45) is 0 Å². The predicted molar refractivity (Wildman–Crippen MR) is 107 cm³/mol. The molecule has 3 aromatic rings. The van der Waals surface area contributed by atoms with E-state index in [1.54, 1.807) is 0 Å². The SMILES string of the molecule is C[C@H]1CCc2ccccc2N1C(=O)Cn1c(NCCO)nc2ccccc21. The number of hydrogen-bond acceptors (Lipinski definition) is 4. The van der Waals surface area contributed by atoms with Crippen LogP contribution in [0.15, 0.2) is 48.5 Å². The molecule has 0 spiro atoms. The van der Waals surface area contributed by atoms with Crippen LogP contribution in [-0.2, 0) is 17.8 Å². The van der Waals surface area contributed by atoms with Gasteiger partial charge in [0.15, 0.2) is 0 Å². The van der Waals surface area contributed by atoms with E-state index in [1.807, 2.05) is 51.9 Å². The summed E-state index contributed by atoms with van der Waals surface area (Å²) in [6.07, 6.45) is 1.96. The standard InChI is InChI=1S/C21H24N4O2/c1-15-10-11-16-6-2-4-8-18(16)25(15)20(27)14-24-19-9-5-3-7-17(19)23-21(24)22-12-13-26/h2-9,15,26H,10-14H2,1H3,(H,22,23)/t15-/m0/s1. The van der Waals surface area contributed by atoms with Crippen molar-refractivity contribution >= 4 is 28.6 Å². The Morgan fingerprint density at radius 2 is 2.00 bits per heavy atom. The Hall–Kier alpha value is -2.86. The van der Waals surface area contributed by atoms with Gasteiger partial charge in [-0.2, -0.15) is 0 Å². The summed E-state index contributed by atoms with van der Waals surface area (Å²) in [6.45, 7) is 2.70. The van der Waals surface area contributed by atoms with Crippen molar-refractivity contribution in [2.75, 3.05) is 23.4 Å². The van der Waals surface area contributed by atoms with Crippen molar-refractivity contribution < 1.29 is 9.90 Å². The van der Waals surface area contributed by atoms with Crippen LogP contribution in [0.2, 0.25) is 0 Å². The molecule has 6 nitrogen and oxygen atoms in total. The number of fused-ring (bicyclic) bond motifs is 2. The van der Waals surface area contributed by atoms with E-state index in [4.69, 9.17) is 5.11 Å². The van der Waals surface area contributed by atoms with Crippen LogP contribution in [0.25, 0.3) is 11.0 Å². The Balaban J connectivity index is 1.69. The molecule has 2 N–H and O–H groups in total. The van der Waals surface area contributed by atoms with Crippen LogP contribution >= 0.6 is 0 Å². The van der Waals surface area contributed by atoms with Crippen molar-refractivity contribution in [1.29, 1.82) is 0 Å². The molecule has 0 saturated heterocycles.